The highest BCUT2D eigenvalue weighted by Gasteiger charge is 2.22. The van der Waals surface area contributed by atoms with Crippen molar-refractivity contribution < 1.29 is 9.53 Å². The van der Waals surface area contributed by atoms with Crippen molar-refractivity contribution in [3.63, 3.8) is 0 Å². The maximum Gasteiger partial charge on any atom is 0.224 e. The molecule has 1 aliphatic heterocycles. The van der Waals surface area contributed by atoms with E-state index >= 15 is 0 Å². The average molecular weight is 420 g/mol. The molecule has 1 saturated heterocycles. The number of benzene rings is 1. The minimum atomic E-state index is 0.0689. The molecule has 2 aromatic heterocycles. The lowest BCUT2D eigenvalue weighted by atomic mass is 10.0. The summed E-state index contributed by atoms with van der Waals surface area (Å²) in [6, 6.07) is 14.0. The van der Waals surface area contributed by atoms with Crippen molar-refractivity contribution >= 4 is 5.91 Å². The molecule has 7 nitrogen and oxygen atoms in total. The van der Waals surface area contributed by atoms with Gasteiger partial charge in [-0.15, -0.1) is 0 Å². The molecule has 3 heterocycles. The lowest BCUT2D eigenvalue weighted by Crippen LogP contribution is -2.44. The Labute approximate surface area is 183 Å². The first-order valence-corrected chi connectivity index (χ1v) is 10.7. The number of nitrogens with zero attached hydrogens (tertiary/aromatic N) is 4. The zero-order valence-electron chi connectivity index (χ0n) is 18.1. The molecule has 7 heteroatoms. The Bertz CT molecular complexity index is 1010. The van der Waals surface area contributed by atoms with Crippen molar-refractivity contribution in [1.29, 1.82) is 0 Å². The molecule has 0 atom stereocenters. The van der Waals surface area contributed by atoms with Crippen LogP contribution in [0.5, 0.6) is 5.75 Å². The topological polar surface area (TPSA) is 72.3 Å². The Morgan fingerprint density at radius 1 is 1.19 bits per heavy atom. The molecule has 0 bridgehead atoms. The summed E-state index contributed by atoms with van der Waals surface area (Å²) >= 11 is 0. The second-order valence-corrected chi connectivity index (χ2v) is 8.03. The summed E-state index contributed by atoms with van der Waals surface area (Å²) in [5.74, 6) is 0.847. The van der Waals surface area contributed by atoms with E-state index in [0.29, 0.717) is 6.42 Å². The first-order chi connectivity index (χ1) is 15.1. The van der Waals surface area contributed by atoms with Crippen molar-refractivity contribution in [2.24, 2.45) is 7.05 Å². The maximum atomic E-state index is 12.5. The van der Waals surface area contributed by atoms with Crippen LogP contribution in [-0.2, 0) is 24.8 Å². The number of aryl methyl sites for hydroxylation is 1. The number of carbonyl (C=O) groups excluding carboxylic acids is 1. The second kappa shape index (κ2) is 9.75. The van der Waals surface area contributed by atoms with Crippen molar-refractivity contribution in [3.8, 4) is 17.0 Å². The third-order valence-electron chi connectivity index (χ3n) is 5.77. The summed E-state index contributed by atoms with van der Waals surface area (Å²) in [5, 5.41) is 7.83. The molecule has 31 heavy (non-hydrogen) atoms. The molecule has 4 rings (SSSR count). The Hall–Kier alpha value is -3.19. The molecule has 1 N–H and O–H groups in total. The summed E-state index contributed by atoms with van der Waals surface area (Å²) in [6.07, 6.45) is 5.90. The first kappa shape index (κ1) is 21.1. The number of hydrogen-bond acceptors (Lipinski definition) is 5. The summed E-state index contributed by atoms with van der Waals surface area (Å²) in [5.41, 5.74) is 4.13. The molecule has 0 unspecified atom stereocenters. The van der Waals surface area contributed by atoms with Gasteiger partial charge in [0.25, 0.3) is 0 Å². The third kappa shape index (κ3) is 5.49. The number of aromatic nitrogens is 3. The van der Waals surface area contributed by atoms with Gasteiger partial charge in [-0.2, -0.15) is 5.10 Å². The van der Waals surface area contributed by atoms with Crippen LogP contribution in [0.15, 0.2) is 54.9 Å². The van der Waals surface area contributed by atoms with Crippen LogP contribution in [0.2, 0.25) is 0 Å². The number of likely N-dealkylation sites (tertiary alicyclic amines) is 1. The molecule has 162 valence electrons. The number of pyridine rings is 1. The third-order valence-corrected chi connectivity index (χ3v) is 5.77. The molecule has 1 aliphatic rings. The highest BCUT2D eigenvalue weighted by atomic mass is 16.5. The predicted molar refractivity (Wildman–Crippen MR) is 120 cm³/mol. The molecule has 1 fully saturated rings. The Kier molecular flexibility index (Phi) is 6.62. The maximum absolute atomic E-state index is 12.5. The van der Waals surface area contributed by atoms with Crippen LogP contribution in [-0.4, -0.2) is 51.8 Å². The van der Waals surface area contributed by atoms with Crippen molar-refractivity contribution in [2.75, 3.05) is 20.2 Å². The zero-order chi connectivity index (χ0) is 21.6. The normalized spacial score (nSPS) is 15.0. The highest BCUT2D eigenvalue weighted by molar-refractivity contribution is 5.79. The van der Waals surface area contributed by atoms with E-state index in [1.807, 2.05) is 54.3 Å². The van der Waals surface area contributed by atoms with E-state index in [4.69, 9.17) is 4.74 Å². The minimum absolute atomic E-state index is 0.0689. The van der Waals surface area contributed by atoms with Crippen molar-refractivity contribution in [1.82, 2.24) is 25.0 Å². The first-order valence-electron chi connectivity index (χ1n) is 10.7. The van der Waals surface area contributed by atoms with Gasteiger partial charge in [0, 0.05) is 50.7 Å². The summed E-state index contributed by atoms with van der Waals surface area (Å²) in [6.45, 7) is 2.77. The predicted octanol–water partition coefficient (Wildman–Crippen LogP) is 2.81. The fourth-order valence-electron chi connectivity index (χ4n) is 4.02. The van der Waals surface area contributed by atoms with Gasteiger partial charge in [0.2, 0.25) is 5.91 Å². The van der Waals surface area contributed by atoms with Gasteiger partial charge in [-0.25, -0.2) is 0 Å². The van der Waals surface area contributed by atoms with Crippen molar-refractivity contribution in [3.05, 3.63) is 66.1 Å². The van der Waals surface area contributed by atoms with Crippen LogP contribution >= 0.6 is 0 Å². The van der Waals surface area contributed by atoms with Gasteiger partial charge in [-0.05, 0) is 48.7 Å². The molecule has 1 amide bonds. The van der Waals surface area contributed by atoms with Crippen LogP contribution in [0.25, 0.3) is 11.3 Å². The molecule has 0 saturated carbocycles. The average Bonchev–Trinajstić information content (AvgIpc) is 3.16. The quantitative estimate of drug-likeness (QED) is 0.638. The van der Waals surface area contributed by atoms with Crippen LogP contribution in [0.1, 0.15) is 24.1 Å². The number of ether oxygens (including phenoxy) is 1. The molecule has 0 spiro atoms. The van der Waals surface area contributed by atoms with E-state index in [-0.39, 0.29) is 11.9 Å². The number of methoxy groups -OCH3 is 1. The van der Waals surface area contributed by atoms with Crippen LogP contribution < -0.4 is 10.1 Å². The lowest BCUT2D eigenvalue weighted by Gasteiger charge is -2.32. The Morgan fingerprint density at radius 2 is 2.03 bits per heavy atom. The number of nitrogens with one attached hydrogen (secondary N) is 1. The van der Waals surface area contributed by atoms with E-state index in [0.717, 1.165) is 55.0 Å². The number of hydrogen-bond donors (Lipinski definition) is 1. The van der Waals surface area contributed by atoms with E-state index in [2.05, 4.69) is 26.4 Å². The van der Waals surface area contributed by atoms with Crippen LogP contribution in [0, 0.1) is 0 Å². The van der Waals surface area contributed by atoms with E-state index < -0.39 is 0 Å². The monoisotopic (exact) mass is 419 g/mol. The largest absolute Gasteiger partial charge is 0.497 e. The molecule has 1 aromatic carbocycles. The SMILES string of the molecule is COc1cccc(CC(=O)NC2CCN(Cc3cc(-c4cccnc4)nn3C)CC2)c1. The molecule has 0 aliphatic carbocycles. The standard InChI is InChI=1S/C24H29N5O2/c1-28-21(15-23(27-28)19-6-4-10-25-16-19)17-29-11-8-20(9-12-29)26-24(30)14-18-5-3-7-22(13-18)31-2/h3-7,10,13,15-16,20H,8-9,11-12,14,17H2,1-2H3,(H,26,30). The van der Waals surface area contributed by atoms with Crippen LogP contribution in [0.3, 0.4) is 0 Å². The van der Waals surface area contributed by atoms with Gasteiger partial charge in [0.15, 0.2) is 0 Å². The van der Waals surface area contributed by atoms with E-state index in [1.54, 1.807) is 13.3 Å². The highest BCUT2D eigenvalue weighted by Crippen LogP contribution is 2.20. The number of rotatable bonds is 7. The second-order valence-electron chi connectivity index (χ2n) is 8.03. The number of amides is 1. The molecular formula is C24H29N5O2. The fourth-order valence-corrected chi connectivity index (χ4v) is 4.02. The fraction of sp³-hybridized carbons (Fsp3) is 0.375. The summed E-state index contributed by atoms with van der Waals surface area (Å²) in [7, 11) is 3.62. The van der Waals surface area contributed by atoms with Crippen LogP contribution in [0.4, 0.5) is 0 Å². The summed E-state index contributed by atoms with van der Waals surface area (Å²) < 4.78 is 7.18. The van der Waals surface area contributed by atoms with Gasteiger partial charge in [-0.3, -0.25) is 19.4 Å². The number of piperidine rings is 1. The molecule has 3 aromatic rings. The van der Waals surface area contributed by atoms with Gasteiger partial charge >= 0.3 is 0 Å². The smallest absolute Gasteiger partial charge is 0.224 e. The van der Waals surface area contributed by atoms with Crippen molar-refractivity contribution in [2.45, 2.75) is 31.8 Å². The lowest BCUT2D eigenvalue weighted by molar-refractivity contribution is -0.121. The Morgan fingerprint density at radius 3 is 2.77 bits per heavy atom. The molecule has 0 radical (unpaired) electrons. The van der Waals surface area contributed by atoms with E-state index in [9.17, 15) is 4.79 Å². The van der Waals surface area contributed by atoms with Gasteiger partial charge in [-0.1, -0.05) is 12.1 Å². The number of carbonyl (C=O) groups is 1. The van der Waals surface area contributed by atoms with Gasteiger partial charge in [0.05, 0.1) is 24.9 Å². The van der Waals surface area contributed by atoms with E-state index in [1.165, 1.54) is 5.69 Å². The minimum Gasteiger partial charge on any atom is -0.497 e. The van der Waals surface area contributed by atoms with Gasteiger partial charge < -0.3 is 10.1 Å². The molecular weight excluding hydrogens is 390 g/mol. The Balaban J connectivity index is 1.26. The summed E-state index contributed by atoms with van der Waals surface area (Å²) in [4.78, 5) is 19.1. The zero-order valence-corrected chi connectivity index (χ0v) is 18.1. The van der Waals surface area contributed by atoms with Gasteiger partial charge in [0.1, 0.15) is 5.75 Å².